The van der Waals surface area contributed by atoms with Crippen molar-refractivity contribution in [2.24, 2.45) is 4.99 Å². The monoisotopic (exact) mass is 380 g/mol. The van der Waals surface area contributed by atoms with Crippen molar-refractivity contribution < 1.29 is 4.74 Å². The third-order valence-electron chi connectivity index (χ3n) is 4.46. The molecule has 2 aromatic heterocycles. The van der Waals surface area contributed by atoms with Gasteiger partial charge in [-0.2, -0.15) is 0 Å². The van der Waals surface area contributed by atoms with Gasteiger partial charge in [0.2, 0.25) is 0 Å². The Kier molecular flexibility index (Phi) is 6.84. The molecule has 0 amide bonds. The number of aromatic nitrogens is 3. The van der Waals surface area contributed by atoms with Gasteiger partial charge in [-0.25, -0.2) is 0 Å². The molecule has 3 rings (SSSR count). The molecular formula is C21H28N6O. The molecule has 0 aliphatic heterocycles. The van der Waals surface area contributed by atoms with E-state index in [1.165, 1.54) is 11.1 Å². The van der Waals surface area contributed by atoms with Crippen molar-refractivity contribution in [1.82, 2.24) is 25.2 Å². The SMILES string of the molecule is CCNC(=NCCc1nnc2ccccn12)NCCc1cc(C)ccc1OC. The zero-order chi connectivity index (χ0) is 19.8. The number of fused-ring (bicyclic) bond motifs is 1. The van der Waals surface area contributed by atoms with Crippen LogP contribution in [-0.2, 0) is 12.8 Å². The normalized spacial score (nSPS) is 11.6. The number of nitrogens with zero attached hydrogens (tertiary/aromatic N) is 4. The van der Waals surface area contributed by atoms with Crippen LogP contribution in [0.4, 0.5) is 0 Å². The van der Waals surface area contributed by atoms with E-state index < -0.39 is 0 Å². The van der Waals surface area contributed by atoms with E-state index in [1.54, 1.807) is 7.11 Å². The molecule has 0 aliphatic carbocycles. The smallest absolute Gasteiger partial charge is 0.191 e. The zero-order valence-electron chi connectivity index (χ0n) is 16.8. The largest absolute Gasteiger partial charge is 0.496 e. The Balaban J connectivity index is 1.56. The van der Waals surface area contributed by atoms with E-state index in [9.17, 15) is 0 Å². The molecule has 7 nitrogen and oxygen atoms in total. The lowest BCUT2D eigenvalue weighted by Gasteiger charge is -2.13. The van der Waals surface area contributed by atoms with Gasteiger partial charge in [0.05, 0.1) is 7.11 Å². The second-order valence-electron chi connectivity index (χ2n) is 6.55. The first-order valence-corrected chi connectivity index (χ1v) is 9.65. The van der Waals surface area contributed by atoms with E-state index in [1.807, 2.05) is 34.9 Å². The maximum atomic E-state index is 5.46. The van der Waals surface area contributed by atoms with Crippen LogP contribution < -0.4 is 15.4 Å². The Morgan fingerprint density at radius 3 is 2.86 bits per heavy atom. The van der Waals surface area contributed by atoms with Gasteiger partial charge >= 0.3 is 0 Å². The lowest BCUT2D eigenvalue weighted by Crippen LogP contribution is -2.38. The van der Waals surface area contributed by atoms with Crippen LogP contribution >= 0.6 is 0 Å². The highest BCUT2D eigenvalue weighted by Crippen LogP contribution is 2.19. The average molecular weight is 380 g/mol. The second-order valence-corrected chi connectivity index (χ2v) is 6.55. The molecule has 0 bridgehead atoms. The highest BCUT2D eigenvalue weighted by molar-refractivity contribution is 5.79. The van der Waals surface area contributed by atoms with Gasteiger partial charge in [-0.3, -0.25) is 9.39 Å². The van der Waals surface area contributed by atoms with Gasteiger partial charge in [-0.15, -0.1) is 10.2 Å². The van der Waals surface area contributed by atoms with Crippen molar-refractivity contribution in [3.63, 3.8) is 0 Å². The van der Waals surface area contributed by atoms with Crippen LogP contribution in [0.25, 0.3) is 5.65 Å². The highest BCUT2D eigenvalue weighted by atomic mass is 16.5. The minimum absolute atomic E-state index is 0.638. The first-order chi connectivity index (χ1) is 13.7. The van der Waals surface area contributed by atoms with Crippen LogP contribution in [-0.4, -0.2) is 47.3 Å². The van der Waals surface area contributed by atoms with E-state index in [2.05, 4.69) is 51.8 Å². The van der Waals surface area contributed by atoms with Crippen molar-refractivity contribution in [3.05, 3.63) is 59.5 Å². The number of aliphatic imine (C=N–C) groups is 1. The maximum Gasteiger partial charge on any atom is 0.191 e. The quantitative estimate of drug-likeness (QED) is 0.464. The number of methoxy groups -OCH3 is 1. The van der Waals surface area contributed by atoms with Gasteiger partial charge in [-0.1, -0.05) is 23.8 Å². The fourth-order valence-electron chi connectivity index (χ4n) is 3.09. The van der Waals surface area contributed by atoms with Crippen molar-refractivity contribution >= 4 is 11.6 Å². The van der Waals surface area contributed by atoms with Gasteiger partial charge in [0.1, 0.15) is 11.6 Å². The fourth-order valence-corrected chi connectivity index (χ4v) is 3.09. The minimum Gasteiger partial charge on any atom is -0.496 e. The number of pyridine rings is 1. The number of guanidine groups is 1. The molecule has 2 heterocycles. The molecule has 0 unspecified atom stereocenters. The number of hydrogen-bond donors (Lipinski definition) is 2. The van der Waals surface area contributed by atoms with Gasteiger partial charge in [0, 0.05) is 32.3 Å². The van der Waals surface area contributed by atoms with E-state index in [0.717, 1.165) is 49.1 Å². The van der Waals surface area contributed by atoms with Crippen LogP contribution in [0, 0.1) is 6.92 Å². The molecular weight excluding hydrogens is 352 g/mol. The number of nitrogens with one attached hydrogen (secondary N) is 2. The Morgan fingerprint density at radius 1 is 1.14 bits per heavy atom. The van der Waals surface area contributed by atoms with E-state index in [0.29, 0.717) is 6.54 Å². The molecule has 0 atom stereocenters. The average Bonchev–Trinajstić information content (AvgIpc) is 3.11. The lowest BCUT2D eigenvalue weighted by atomic mass is 10.1. The summed E-state index contributed by atoms with van der Waals surface area (Å²) in [6.45, 7) is 6.38. The Labute approximate surface area is 165 Å². The molecule has 0 fully saturated rings. The summed E-state index contributed by atoms with van der Waals surface area (Å²) in [6, 6.07) is 12.1. The van der Waals surface area contributed by atoms with Gasteiger partial charge in [-0.05, 0) is 44.0 Å². The summed E-state index contributed by atoms with van der Waals surface area (Å²) in [6.07, 6.45) is 3.57. The summed E-state index contributed by atoms with van der Waals surface area (Å²) < 4.78 is 7.46. The molecule has 0 saturated carbocycles. The standard InChI is InChI=1S/C21H28N6O/c1-4-22-21(23-12-10-17-15-16(2)8-9-18(17)28-3)24-13-11-20-26-25-19-7-5-6-14-27(19)20/h5-9,14-15H,4,10-13H2,1-3H3,(H2,22,23,24). The van der Waals surface area contributed by atoms with Gasteiger partial charge < -0.3 is 15.4 Å². The predicted molar refractivity (Wildman–Crippen MR) is 112 cm³/mol. The molecule has 0 spiro atoms. The van der Waals surface area contributed by atoms with Crippen molar-refractivity contribution in [2.45, 2.75) is 26.7 Å². The number of ether oxygens (including phenoxy) is 1. The topological polar surface area (TPSA) is 75.8 Å². The summed E-state index contributed by atoms with van der Waals surface area (Å²) in [5.74, 6) is 2.65. The molecule has 148 valence electrons. The molecule has 3 aromatic rings. The fraction of sp³-hybridized carbons (Fsp3) is 0.381. The first-order valence-electron chi connectivity index (χ1n) is 9.65. The van der Waals surface area contributed by atoms with Crippen LogP contribution in [0.5, 0.6) is 5.75 Å². The predicted octanol–water partition coefficient (Wildman–Crippen LogP) is 2.39. The molecule has 2 N–H and O–H groups in total. The van der Waals surface area contributed by atoms with Crippen molar-refractivity contribution in [2.75, 3.05) is 26.7 Å². The number of aryl methyl sites for hydroxylation is 1. The highest BCUT2D eigenvalue weighted by Gasteiger charge is 2.06. The van der Waals surface area contributed by atoms with Crippen LogP contribution in [0.2, 0.25) is 0 Å². The third-order valence-corrected chi connectivity index (χ3v) is 4.46. The molecule has 0 radical (unpaired) electrons. The maximum absolute atomic E-state index is 5.46. The van der Waals surface area contributed by atoms with Crippen LogP contribution in [0.1, 0.15) is 23.9 Å². The lowest BCUT2D eigenvalue weighted by molar-refractivity contribution is 0.409. The number of hydrogen-bond acceptors (Lipinski definition) is 4. The summed E-state index contributed by atoms with van der Waals surface area (Å²) in [7, 11) is 1.71. The first kappa shape index (κ1) is 19.7. The zero-order valence-corrected chi connectivity index (χ0v) is 16.8. The van der Waals surface area contributed by atoms with E-state index in [4.69, 9.17) is 4.74 Å². The summed E-state index contributed by atoms with van der Waals surface area (Å²) in [4.78, 5) is 4.67. The molecule has 7 heteroatoms. The molecule has 28 heavy (non-hydrogen) atoms. The van der Waals surface area contributed by atoms with Crippen molar-refractivity contribution in [3.8, 4) is 5.75 Å². The molecule has 0 saturated heterocycles. The number of rotatable bonds is 8. The van der Waals surface area contributed by atoms with Crippen LogP contribution in [0.15, 0.2) is 47.6 Å². The Bertz CT molecular complexity index is 934. The Morgan fingerprint density at radius 2 is 2.04 bits per heavy atom. The van der Waals surface area contributed by atoms with Gasteiger partial charge in [0.25, 0.3) is 0 Å². The third kappa shape index (κ3) is 5.00. The van der Waals surface area contributed by atoms with E-state index in [-0.39, 0.29) is 0 Å². The number of benzene rings is 1. The summed E-state index contributed by atoms with van der Waals surface area (Å²) in [5.41, 5.74) is 3.29. The Hall–Kier alpha value is -3.09. The summed E-state index contributed by atoms with van der Waals surface area (Å²) in [5, 5.41) is 15.1. The van der Waals surface area contributed by atoms with Gasteiger partial charge in [0.15, 0.2) is 11.6 Å². The van der Waals surface area contributed by atoms with Crippen molar-refractivity contribution in [1.29, 1.82) is 0 Å². The minimum atomic E-state index is 0.638. The molecule has 1 aromatic carbocycles. The second kappa shape index (κ2) is 9.73. The molecule has 0 aliphatic rings. The van der Waals surface area contributed by atoms with E-state index >= 15 is 0 Å². The van der Waals surface area contributed by atoms with Crippen LogP contribution in [0.3, 0.4) is 0 Å². The summed E-state index contributed by atoms with van der Waals surface area (Å²) >= 11 is 0.